The van der Waals surface area contributed by atoms with Crippen LogP contribution in [0.2, 0.25) is 0 Å². The lowest BCUT2D eigenvalue weighted by Gasteiger charge is -2.03. The monoisotopic (exact) mass is 302 g/mol. The first kappa shape index (κ1) is 13.8. The summed E-state index contributed by atoms with van der Waals surface area (Å²) in [5.74, 6) is -0.268. The molecule has 0 aliphatic heterocycles. The molecule has 5 nitrogen and oxygen atoms in total. The minimum atomic E-state index is -0.268. The smallest absolute Gasteiger partial charge is 0.306 e. The van der Waals surface area contributed by atoms with Crippen LogP contribution in [0.1, 0.15) is 25.5 Å². The standard InChI is InChI=1S/C15H14N2O3S/c1-2-5-14(19)20-9-10-8-13(18)17-11-6-3-4-7-12(11)21-15(17)16-10/h3-4,6-8H,2,5,9H2,1H3. The maximum Gasteiger partial charge on any atom is 0.306 e. The zero-order valence-corrected chi connectivity index (χ0v) is 12.4. The average Bonchev–Trinajstić information content (AvgIpc) is 2.84. The largest absolute Gasteiger partial charge is 0.459 e. The number of nitrogens with zero attached hydrogens (tertiary/aromatic N) is 2. The first-order chi connectivity index (χ1) is 10.2. The number of rotatable bonds is 4. The summed E-state index contributed by atoms with van der Waals surface area (Å²) in [5, 5.41) is 0. The number of carbonyl (C=O) groups excluding carboxylic acids is 1. The van der Waals surface area contributed by atoms with Gasteiger partial charge in [0, 0.05) is 12.5 Å². The summed E-state index contributed by atoms with van der Waals surface area (Å²) in [7, 11) is 0. The topological polar surface area (TPSA) is 60.7 Å². The number of hydrogen-bond acceptors (Lipinski definition) is 5. The van der Waals surface area contributed by atoms with Crippen molar-refractivity contribution in [3.8, 4) is 0 Å². The van der Waals surface area contributed by atoms with Crippen LogP contribution in [0.15, 0.2) is 35.1 Å². The number of hydrogen-bond donors (Lipinski definition) is 0. The average molecular weight is 302 g/mol. The van der Waals surface area contributed by atoms with Crippen molar-refractivity contribution in [2.75, 3.05) is 0 Å². The Labute approximate surface area is 124 Å². The van der Waals surface area contributed by atoms with Gasteiger partial charge in [-0.15, -0.1) is 0 Å². The van der Waals surface area contributed by atoms with E-state index in [1.807, 2.05) is 31.2 Å². The molecule has 0 atom stereocenters. The minimum absolute atomic E-state index is 0.0405. The molecule has 0 radical (unpaired) electrons. The highest BCUT2D eigenvalue weighted by Gasteiger charge is 2.10. The molecule has 3 rings (SSSR count). The number of esters is 1. The maximum absolute atomic E-state index is 12.2. The summed E-state index contributed by atoms with van der Waals surface area (Å²) in [5.41, 5.74) is 1.18. The fraction of sp³-hybridized carbons (Fsp3) is 0.267. The molecule has 0 aliphatic rings. The van der Waals surface area contributed by atoms with Gasteiger partial charge in [-0.3, -0.25) is 14.0 Å². The molecule has 0 aliphatic carbocycles. The van der Waals surface area contributed by atoms with Gasteiger partial charge in [-0.1, -0.05) is 30.4 Å². The third-order valence-corrected chi connectivity index (χ3v) is 4.11. The summed E-state index contributed by atoms with van der Waals surface area (Å²) < 4.78 is 7.68. The summed E-state index contributed by atoms with van der Waals surface area (Å²) in [6.07, 6.45) is 1.12. The van der Waals surface area contributed by atoms with E-state index in [9.17, 15) is 9.59 Å². The molecular formula is C15H14N2O3S. The van der Waals surface area contributed by atoms with E-state index in [-0.39, 0.29) is 18.1 Å². The summed E-state index contributed by atoms with van der Waals surface area (Å²) in [4.78, 5) is 28.6. The molecular weight excluding hydrogens is 288 g/mol. The lowest BCUT2D eigenvalue weighted by molar-refractivity contribution is -0.145. The van der Waals surface area contributed by atoms with E-state index in [0.29, 0.717) is 17.1 Å². The van der Waals surface area contributed by atoms with Crippen LogP contribution in [0.3, 0.4) is 0 Å². The van der Waals surface area contributed by atoms with Gasteiger partial charge in [0.2, 0.25) is 0 Å². The predicted octanol–water partition coefficient (Wildman–Crippen LogP) is 2.75. The number of benzene rings is 1. The molecule has 0 N–H and O–H groups in total. The maximum atomic E-state index is 12.2. The number of para-hydroxylation sites is 1. The molecule has 0 amide bonds. The first-order valence-corrected chi connectivity index (χ1v) is 7.56. The number of thiazole rings is 1. The molecule has 108 valence electrons. The highest BCUT2D eigenvalue weighted by Crippen LogP contribution is 2.23. The quantitative estimate of drug-likeness (QED) is 0.695. The molecule has 3 aromatic rings. The van der Waals surface area contributed by atoms with Gasteiger partial charge in [-0.25, -0.2) is 4.98 Å². The Kier molecular flexibility index (Phi) is 3.70. The van der Waals surface area contributed by atoms with Crippen molar-refractivity contribution in [1.82, 2.24) is 9.38 Å². The summed E-state index contributed by atoms with van der Waals surface area (Å²) >= 11 is 1.45. The molecule has 1 aromatic carbocycles. The van der Waals surface area contributed by atoms with Crippen molar-refractivity contribution in [1.29, 1.82) is 0 Å². The van der Waals surface area contributed by atoms with E-state index in [4.69, 9.17) is 4.74 Å². The van der Waals surface area contributed by atoms with Gasteiger partial charge in [0.1, 0.15) is 6.61 Å². The summed E-state index contributed by atoms with van der Waals surface area (Å²) in [6.45, 7) is 1.95. The highest BCUT2D eigenvalue weighted by molar-refractivity contribution is 7.23. The molecule has 0 bridgehead atoms. The third-order valence-electron chi connectivity index (χ3n) is 3.08. The number of ether oxygens (including phenoxy) is 1. The van der Waals surface area contributed by atoms with Gasteiger partial charge in [-0.2, -0.15) is 0 Å². The van der Waals surface area contributed by atoms with Crippen molar-refractivity contribution < 1.29 is 9.53 Å². The minimum Gasteiger partial charge on any atom is -0.459 e. The van der Waals surface area contributed by atoms with E-state index < -0.39 is 0 Å². The SMILES string of the molecule is CCCC(=O)OCc1cc(=O)n2c(n1)sc1ccccc12. The van der Waals surface area contributed by atoms with Gasteiger partial charge in [0.15, 0.2) is 4.96 Å². The van der Waals surface area contributed by atoms with E-state index in [2.05, 4.69) is 4.98 Å². The Hall–Kier alpha value is -2.21. The molecule has 21 heavy (non-hydrogen) atoms. The number of carbonyl (C=O) groups is 1. The Morgan fingerprint density at radius 1 is 1.38 bits per heavy atom. The molecule has 0 saturated carbocycles. The van der Waals surface area contributed by atoms with Gasteiger partial charge < -0.3 is 4.74 Å². The Morgan fingerprint density at radius 3 is 3.00 bits per heavy atom. The molecule has 2 aromatic heterocycles. The Morgan fingerprint density at radius 2 is 2.19 bits per heavy atom. The van der Waals surface area contributed by atoms with Crippen LogP contribution >= 0.6 is 11.3 Å². The van der Waals surface area contributed by atoms with Crippen LogP contribution < -0.4 is 5.56 Å². The highest BCUT2D eigenvalue weighted by atomic mass is 32.1. The van der Waals surface area contributed by atoms with Crippen molar-refractivity contribution in [3.05, 3.63) is 46.4 Å². The van der Waals surface area contributed by atoms with Crippen LogP contribution in [0.5, 0.6) is 0 Å². The second-order valence-electron chi connectivity index (χ2n) is 4.68. The fourth-order valence-electron chi connectivity index (χ4n) is 2.13. The summed E-state index contributed by atoms with van der Waals surface area (Å²) in [6, 6.07) is 9.08. The lowest BCUT2D eigenvalue weighted by atomic mass is 10.3. The van der Waals surface area contributed by atoms with Crippen molar-refractivity contribution in [3.63, 3.8) is 0 Å². The van der Waals surface area contributed by atoms with Crippen molar-refractivity contribution >= 4 is 32.5 Å². The normalized spacial score (nSPS) is 11.1. The fourth-order valence-corrected chi connectivity index (χ4v) is 3.18. The first-order valence-electron chi connectivity index (χ1n) is 6.75. The van der Waals surface area contributed by atoms with Crippen LogP contribution in [0.4, 0.5) is 0 Å². The van der Waals surface area contributed by atoms with Crippen molar-refractivity contribution in [2.45, 2.75) is 26.4 Å². The van der Waals surface area contributed by atoms with Crippen LogP contribution in [-0.2, 0) is 16.1 Å². The molecule has 0 saturated heterocycles. The second kappa shape index (κ2) is 5.65. The van der Waals surface area contributed by atoms with E-state index in [0.717, 1.165) is 16.6 Å². The Balaban J connectivity index is 1.98. The zero-order chi connectivity index (χ0) is 14.8. The van der Waals surface area contributed by atoms with Crippen LogP contribution in [0, 0.1) is 0 Å². The zero-order valence-electron chi connectivity index (χ0n) is 11.5. The molecule has 6 heteroatoms. The van der Waals surface area contributed by atoms with Crippen molar-refractivity contribution in [2.24, 2.45) is 0 Å². The van der Waals surface area contributed by atoms with Gasteiger partial charge in [-0.05, 0) is 18.6 Å². The molecule has 0 fully saturated rings. The lowest BCUT2D eigenvalue weighted by Crippen LogP contribution is -2.15. The van der Waals surface area contributed by atoms with E-state index in [1.54, 1.807) is 4.40 Å². The van der Waals surface area contributed by atoms with E-state index in [1.165, 1.54) is 17.4 Å². The molecule has 2 heterocycles. The second-order valence-corrected chi connectivity index (χ2v) is 5.69. The number of fused-ring (bicyclic) bond motifs is 3. The molecule has 0 spiro atoms. The number of aromatic nitrogens is 2. The molecule has 0 unspecified atom stereocenters. The van der Waals surface area contributed by atoms with E-state index >= 15 is 0 Å². The van der Waals surface area contributed by atoms with Crippen LogP contribution in [-0.4, -0.2) is 15.4 Å². The van der Waals surface area contributed by atoms with Gasteiger partial charge in [0.05, 0.1) is 15.9 Å². The van der Waals surface area contributed by atoms with Gasteiger partial charge in [0.25, 0.3) is 5.56 Å². The van der Waals surface area contributed by atoms with Crippen LogP contribution in [0.25, 0.3) is 15.2 Å². The predicted molar refractivity (Wildman–Crippen MR) is 81.5 cm³/mol. The third kappa shape index (κ3) is 2.67. The Bertz CT molecular complexity index is 866. The van der Waals surface area contributed by atoms with Gasteiger partial charge >= 0.3 is 5.97 Å².